The monoisotopic (exact) mass is 880 g/mol. The van der Waals surface area contributed by atoms with Gasteiger partial charge in [0.1, 0.15) is 0 Å². The van der Waals surface area contributed by atoms with Gasteiger partial charge in [0.2, 0.25) is 0 Å². The summed E-state index contributed by atoms with van der Waals surface area (Å²) in [5.41, 5.74) is 15.2. The molecule has 14 rings (SSSR count). The van der Waals surface area contributed by atoms with Gasteiger partial charge in [-0.2, -0.15) is 0 Å². The number of para-hydroxylation sites is 6. The van der Waals surface area contributed by atoms with Gasteiger partial charge in [-0.15, -0.1) is 0 Å². The Bertz CT molecular complexity index is 4230. The Morgan fingerprint density at radius 1 is 0.246 bits per heavy atom. The van der Waals surface area contributed by atoms with Crippen molar-refractivity contribution in [1.29, 1.82) is 0 Å². The van der Waals surface area contributed by atoms with Crippen molar-refractivity contribution in [3.63, 3.8) is 0 Å². The van der Waals surface area contributed by atoms with Crippen molar-refractivity contribution in [2.24, 2.45) is 0 Å². The maximum Gasteiger partial charge on any atom is 0.164 e. The molecule has 10 aromatic carbocycles. The summed E-state index contributed by atoms with van der Waals surface area (Å²) >= 11 is 0. The first-order chi connectivity index (χ1) is 34.3. The predicted molar refractivity (Wildman–Crippen MR) is 285 cm³/mol. The molecule has 4 aromatic heterocycles. The molecule has 0 aliphatic rings. The van der Waals surface area contributed by atoms with Crippen molar-refractivity contribution in [2.45, 2.75) is 0 Å². The third-order valence-electron chi connectivity index (χ3n) is 13.7. The molecule has 0 aliphatic heterocycles. The summed E-state index contributed by atoms with van der Waals surface area (Å²) in [5, 5.41) is 7.20. The van der Waals surface area contributed by atoms with Crippen LogP contribution in [0.5, 0.6) is 0 Å². The third kappa shape index (κ3) is 6.09. The summed E-state index contributed by atoms with van der Waals surface area (Å²) in [6, 6.07) is 86.4. The minimum Gasteiger partial charge on any atom is -0.307 e. The number of rotatable bonds is 7. The maximum absolute atomic E-state index is 5.12. The summed E-state index contributed by atoms with van der Waals surface area (Å²) in [6.45, 7) is 0. The topological polar surface area (TPSA) is 53.5 Å². The number of benzene rings is 10. The van der Waals surface area contributed by atoms with Crippen LogP contribution in [-0.4, -0.2) is 28.7 Å². The first-order valence-electron chi connectivity index (χ1n) is 23.4. The molecule has 6 heteroatoms. The molecule has 322 valence electrons. The van der Waals surface area contributed by atoms with Crippen LogP contribution in [0, 0.1) is 0 Å². The molecule has 0 saturated heterocycles. The second-order valence-electron chi connectivity index (χ2n) is 17.6. The molecule has 0 bridgehead atoms. The molecule has 14 aromatic rings. The van der Waals surface area contributed by atoms with Crippen molar-refractivity contribution in [3.05, 3.63) is 243 Å². The second-order valence-corrected chi connectivity index (χ2v) is 17.6. The van der Waals surface area contributed by atoms with Gasteiger partial charge in [0.15, 0.2) is 17.5 Å². The molecule has 4 heterocycles. The number of nitrogens with zero attached hydrogens (tertiary/aromatic N) is 6. The Hall–Kier alpha value is -9.39. The van der Waals surface area contributed by atoms with E-state index < -0.39 is 0 Å². The van der Waals surface area contributed by atoms with E-state index in [-0.39, 0.29) is 0 Å². The van der Waals surface area contributed by atoms with Crippen LogP contribution >= 0.6 is 0 Å². The van der Waals surface area contributed by atoms with Crippen LogP contribution in [0.25, 0.3) is 128 Å². The van der Waals surface area contributed by atoms with Gasteiger partial charge in [0.05, 0.1) is 38.8 Å². The Morgan fingerprint density at radius 3 is 1.26 bits per heavy atom. The largest absolute Gasteiger partial charge is 0.307 e. The standard InChI is InChI=1S/C63H40N6/c1-5-20-41(21-6-1)61-64-62(42-22-7-2-8-23-42)66-63(65-61)44-25-17-24-43(40-44)47-32-18-33-50-51-34-19-37-56(58(51)68(57(47)50)46-28-11-4-12-29-46)69-55-36-16-14-31-49(55)53-39-38-52-48-30-13-15-35-54(48)67(59(52)60(53)69)45-26-9-3-10-27-45/h1-40H. The molecule has 0 atom stereocenters. The molecule has 0 N–H and O–H groups in total. The van der Waals surface area contributed by atoms with Crippen LogP contribution in [0.2, 0.25) is 0 Å². The summed E-state index contributed by atoms with van der Waals surface area (Å²) in [6.07, 6.45) is 0. The molecule has 0 amide bonds. The van der Waals surface area contributed by atoms with Crippen LogP contribution in [0.4, 0.5) is 0 Å². The van der Waals surface area contributed by atoms with Crippen LogP contribution in [0.3, 0.4) is 0 Å². The van der Waals surface area contributed by atoms with Crippen molar-refractivity contribution in [1.82, 2.24) is 28.7 Å². The van der Waals surface area contributed by atoms with Gasteiger partial charge < -0.3 is 13.7 Å². The van der Waals surface area contributed by atoms with E-state index >= 15 is 0 Å². The first kappa shape index (κ1) is 38.8. The van der Waals surface area contributed by atoms with E-state index in [0.29, 0.717) is 17.5 Å². The Morgan fingerprint density at radius 2 is 0.652 bits per heavy atom. The van der Waals surface area contributed by atoms with E-state index in [1.54, 1.807) is 0 Å². The molecule has 0 saturated carbocycles. The van der Waals surface area contributed by atoms with Crippen molar-refractivity contribution < 1.29 is 0 Å². The number of fused-ring (bicyclic) bond motifs is 10. The molecule has 0 aliphatic carbocycles. The van der Waals surface area contributed by atoms with Crippen LogP contribution in [0.1, 0.15) is 0 Å². The zero-order valence-corrected chi connectivity index (χ0v) is 37.3. The van der Waals surface area contributed by atoms with E-state index in [0.717, 1.165) is 61.4 Å². The van der Waals surface area contributed by atoms with Gasteiger partial charge in [-0.1, -0.05) is 194 Å². The predicted octanol–water partition coefficient (Wildman–Crippen LogP) is 15.8. The Kier molecular flexibility index (Phi) is 8.79. The number of hydrogen-bond acceptors (Lipinski definition) is 3. The lowest BCUT2D eigenvalue weighted by molar-refractivity contribution is 1.07. The van der Waals surface area contributed by atoms with E-state index in [4.69, 9.17) is 15.0 Å². The quantitative estimate of drug-likeness (QED) is 0.160. The molecular formula is C63H40N6. The highest BCUT2D eigenvalue weighted by Gasteiger charge is 2.25. The average Bonchev–Trinajstić information content (AvgIpc) is 4.08. The fraction of sp³-hybridized carbons (Fsp3) is 0. The summed E-state index contributed by atoms with van der Waals surface area (Å²) in [5.74, 6) is 1.89. The fourth-order valence-corrected chi connectivity index (χ4v) is 10.7. The zero-order chi connectivity index (χ0) is 45.4. The lowest BCUT2D eigenvalue weighted by Crippen LogP contribution is -2.02. The maximum atomic E-state index is 5.12. The highest BCUT2D eigenvalue weighted by atomic mass is 15.1. The molecule has 0 unspecified atom stereocenters. The van der Waals surface area contributed by atoms with E-state index in [1.165, 1.54) is 48.9 Å². The van der Waals surface area contributed by atoms with Gasteiger partial charge >= 0.3 is 0 Å². The van der Waals surface area contributed by atoms with E-state index in [1.807, 2.05) is 60.7 Å². The molecule has 0 radical (unpaired) electrons. The molecule has 0 spiro atoms. The van der Waals surface area contributed by atoms with Gasteiger partial charge in [-0.25, -0.2) is 15.0 Å². The molecular weight excluding hydrogens is 841 g/mol. The average molecular weight is 881 g/mol. The van der Waals surface area contributed by atoms with Crippen LogP contribution < -0.4 is 0 Å². The molecule has 0 fully saturated rings. The van der Waals surface area contributed by atoms with Gasteiger partial charge in [-0.3, -0.25) is 0 Å². The zero-order valence-electron chi connectivity index (χ0n) is 37.3. The third-order valence-corrected chi connectivity index (χ3v) is 13.7. The van der Waals surface area contributed by atoms with Crippen molar-refractivity contribution in [2.75, 3.05) is 0 Å². The Labute approximate surface area is 397 Å². The normalized spacial score (nSPS) is 11.8. The minimum atomic E-state index is 0.619. The summed E-state index contributed by atoms with van der Waals surface area (Å²) in [4.78, 5) is 15.2. The van der Waals surface area contributed by atoms with Crippen molar-refractivity contribution in [3.8, 4) is 62.4 Å². The molecule has 6 nitrogen and oxygen atoms in total. The summed E-state index contributed by atoms with van der Waals surface area (Å²) < 4.78 is 7.47. The molecule has 69 heavy (non-hydrogen) atoms. The number of aromatic nitrogens is 6. The Balaban J connectivity index is 1.06. The second kappa shape index (κ2) is 15.6. The SMILES string of the molecule is c1ccc(-c2nc(-c3ccccc3)nc(-c3cccc(-c4cccc5c6cccc(-n7c8ccccc8c8ccc9c%10ccccc%10n(-c%10ccccc%10)c9c87)c6n(-c6ccccc6)c45)c3)n2)cc1. The number of hydrogen-bond donors (Lipinski definition) is 0. The smallest absolute Gasteiger partial charge is 0.164 e. The van der Waals surface area contributed by atoms with Gasteiger partial charge in [0.25, 0.3) is 0 Å². The highest BCUT2D eigenvalue weighted by molar-refractivity contribution is 6.25. The lowest BCUT2D eigenvalue weighted by atomic mass is 9.99. The van der Waals surface area contributed by atoms with Crippen LogP contribution in [-0.2, 0) is 0 Å². The first-order valence-corrected chi connectivity index (χ1v) is 23.4. The van der Waals surface area contributed by atoms with E-state index in [9.17, 15) is 0 Å². The van der Waals surface area contributed by atoms with E-state index in [2.05, 4.69) is 196 Å². The minimum absolute atomic E-state index is 0.619. The summed E-state index contributed by atoms with van der Waals surface area (Å²) in [7, 11) is 0. The van der Waals surface area contributed by atoms with Gasteiger partial charge in [-0.05, 0) is 54.1 Å². The van der Waals surface area contributed by atoms with Crippen molar-refractivity contribution >= 4 is 65.4 Å². The van der Waals surface area contributed by atoms with Gasteiger partial charge in [0, 0.05) is 65.9 Å². The lowest BCUT2D eigenvalue weighted by Gasteiger charge is -2.16. The highest BCUT2D eigenvalue weighted by Crippen LogP contribution is 2.46. The fourth-order valence-electron chi connectivity index (χ4n) is 10.7. The van der Waals surface area contributed by atoms with Crippen LogP contribution in [0.15, 0.2) is 243 Å².